The van der Waals surface area contributed by atoms with Crippen LogP contribution in [-0.4, -0.2) is 66.2 Å². The highest BCUT2D eigenvalue weighted by Gasteiger charge is 2.42. The zero-order valence-electron chi connectivity index (χ0n) is 11.7. The minimum absolute atomic E-state index is 0.134. The first-order valence-corrected chi connectivity index (χ1v) is 6.89. The summed E-state index contributed by atoms with van der Waals surface area (Å²) in [6, 6.07) is 0.280. The van der Waals surface area contributed by atoms with Crippen molar-refractivity contribution in [1.82, 2.24) is 15.1 Å². The summed E-state index contributed by atoms with van der Waals surface area (Å²) in [5.41, 5.74) is -0.790. The molecular weight excluding hydrogens is 246 g/mol. The number of likely N-dealkylation sites (tertiary alicyclic amines) is 2. The molecule has 2 N–H and O–H groups in total. The molecule has 0 aromatic heterocycles. The summed E-state index contributed by atoms with van der Waals surface area (Å²) >= 11 is 0. The van der Waals surface area contributed by atoms with Crippen LogP contribution in [0.5, 0.6) is 0 Å². The molecule has 6 nitrogen and oxygen atoms in total. The second kappa shape index (κ2) is 5.36. The van der Waals surface area contributed by atoms with Crippen molar-refractivity contribution in [2.24, 2.45) is 5.41 Å². The highest BCUT2D eigenvalue weighted by atomic mass is 16.4. The third kappa shape index (κ3) is 3.00. The van der Waals surface area contributed by atoms with Gasteiger partial charge in [-0.3, -0.25) is 4.79 Å². The number of nitrogens with zero attached hydrogens (tertiary/aromatic N) is 2. The number of carboxylic acid groups (broad SMARTS) is 1. The largest absolute Gasteiger partial charge is 0.481 e. The van der Waals surface area contributed by atoms with Crippen molar-refractivity contribution in [1.29, 1.82) is 0 Å². The molecule has 19 heavy (non-hydrogen) atoms. The van der Waals surface area contributed by atoms with E-state index in [2.05, 4.69) is 17.3 Å². The summed E-state index contributed by atoms with van der Waals surface area (Å²) in [5.74, 6) is -0.821. The van der Waals surface area contributed by atoms with Gasteiger partial charge in [-0.2, -0.15) is 0 Å². The van der Waals surface area contributed by atoms with Crippen molar-refractivity contribution in [3.05, 3.63) is 0 Å². The maximum Gasteiger partial charge on any atom is 0.317 e. The van der Waals surface area contributed by atoms with Gasteiger partial charge in [0.15, 0.2) is 0 Å². The lowest BCUT2D eigenvalue weighted by Crippen LogP contribution is -2.45. The number of urea groups is 1. The molecule has 2 aliphatic rings. The number of nitrogens with one attached hydrogen (secondary N) is 1. The molecular formula is C13H23N3O3. The number of likely N-dealkylation sites (N-methyl/N-ethyl adjacent to an activating group) is 1. The van der Waals surface area contributed by atoms with Crippen LogP contribution in [0, 0.1) is 5.41 Å². The van der Waals surface area contributed by atoms with Crippen LogP contribution in [0.4, 0.5) is 4.79 Å². The van der Waals surface area contributed by atoms with Crippen molar-refractivity contribution in [3.63, 3.8) is 0 Å². The van der Waals surface area contributed by atoms with Gasteiger partial charge < -0.3 is 20.2 Å². The Morgan fingerprint density at radius 2 is 2.16 bits per heavy atom. The van der Waals surface area contributed by atoms with Gasteiger partial charge in [-0.1, -0.05) is 0 Å². The third-order valence-corrected chi connectivity index (χ3v) is 4.44. The average molecular weight is 269 g/mol. The number of carboxylic acids is 1. The minimum atomic E-state index is -0.821. The van der Waals surface area contributed by atoms with E-state index >= 15 is 0 Å². The van der Waals surface area contributed by atoms with E-state index in [1.165, 1.54) is 6.42 Å². The number of rotatable bonds is 3. The molecule has 2 atom stereocenters. The molecule has 0 radical (unpaired) electrons. The van der Waals surface area contributed by atoms with Gasteiger partial charge in [-0.25, -0.2) is 4.79 Å². The van der Waals surface area contributed by atoms with Gasteiger partial charge in [0.05, 0.1) is 5.41 Å². The number of hydrogen-bond acceptors (Lipinski definition) is 3. The standard InChI is InChI=1S/C13H23N3O3/c1-13(11(17)18)5-7-16(9-13)12(19)14-8-10-4-3-6-15(10)2/h10H,3-9H2,1-2H3,(H,14,19)(H,17,18). The van der Waals surface area contributed by atoms with E-state index < -0.39 is 11.4 Å². The third-order valence-electron chi connectivity index (χ3n) is 4.44. The van der Waals surface area contributed by atoms with E-state index in [-0.39, 0.29) is 6.03 Å². The summed E-state index contributed by atoms with van der Waals surface area (Å²) in [6.07, 6.45) is 2.82. The van der Waals surface area contributed by atoms with E-state index in [0.717, 1.165) is 13.0 Å². The van der Waals surface area contributed by atoms with Crippen molar-refractivity contribution in [2.75, 3.05) is 33.2 Å². The van der Waals surface area contributed by atoms with Crippen LogP contribution in [0.2, 0.25) is 0 Å². The van der Waals surface area contributed by atoms with Gasteiger partial charge in [0.1, 0.15) is 0 Å². The lowest BCUT2D eigenvalue weighted by molar-refractivity contribution is -0.146. The number of aliphatic carboxylic acids is 1. The Kier molecular flexibility index (Phi) is 3.99. The van der Waals surface area contributed by atoms with Crippen LogP contribution in [0.3, 0.4) is 0 Å². The monoisotopic (exact) mass is 269 g/mol. The molecule has 0 saturated carbocycles. The Balaban J connectivity index is 1.80. The molecule has 108 valence electrons. The SMILES string of the molecule is CN1CCCC1CNC(=O)N1CCC(C)(C(=O)O)C1. The molecule has 0 aliphatic carbocycles. The topological polar surface area (TPSA) is 72.9 Å². The van der Waals surface area contributed by atoms with Gasteiger partial charge >= 0.3 is 12.0 Å². The van der Waals surface area contributed by atoms with E-state index in [1.807, 2.05) is 0 Å². The second-order valence-electron chi connectivity index (χ2n) is 6.00. The fraction of sp³-hybridized carbons (Fsp3) is 0.846. The lowest BCUT2D eigenvalue weighted by atomic mass is 9.90. The number of carbonyl (C=O) groups excluding carboxylic acids is 1. The second-order valence-corrected chi connectivity index (χ2v) is 6.00. The van der Waals surface area contributed by atoms with Crippen LogP contribution in [0.25, 0.3) is 0 Å². The molecule has 0 bridgehead atoms. The Hall–Kier alpha value is -1.30. The van der Waals surface area contributed by atoms with E-state index in [4.69, 9.17) is 5.11 Å². The molecule has 0 aromatic carbocycles. The maximum absolute atomic E-state index is 12.0. The normalized spacial score (nSPS) is 31.7. The summed E-state index contributed by atoms with van der Waals surface area (Å²) in [6.45, 7) is 4.26. The lowest BCUT2D eigenvalue weighted by Gasteiger charge is -2.23. The predicted molar refractivity (Wildman–Crippen MR) is 71.0 cm³/mol. The zero-order chi connectivity index (χ0) is 14.0. The molecule has 2 fully saturated rings. The summed E-state index contributed by atoms with van der Waals surface area (Å²) < 4.78 is 0. The Morgan fingerprint density at radius 1 is 1.42 bits per heavy atom. The highest BCUT2D eigenvalue weighted by molar-refractivity contribution is 5.79. The average Bonchev–Trinajstić information content (AvgIpc) is 2.94. The first-order valence-electron chi connectivity index (χ1n) is 6.89. The van der Waals surface area contributed by atoms with Crippen molar-refractivity contribution in [2.45, 2.75) is 32.2 Å². The molecule has 2 aliphatic heterocycles. The number of hydrogen-bond donors (Lipinski definition) is 2. The van der Waals surface area contributed by atoms with Gasteiger partial charge in [0.2, 0.25) is 0 Å². The highest BCUT2D eigenvalue weighted by Crippen LogP contribution is 2.29. The fourth-order valence-corrected chi connectivity index (χ4v) is 2.86. The molecule has 0 aromatic rings. The maximum atomic E-state index is 12.0. The molecule has 2 rings (SSSR count). The van der Waals surface area contributed by atoms with Gasteiger partial charge in [-0.05, 0) is 39.8 Å². The van der Waals surface area contributed by atoms with Crippen LogP contribution in [0.15, 0.2) is 0 Å². The molecule has 2 saturated heterocycles. The molecule has 2 amide bonds. The van der Waals surface area contributed by atoms with Crippen LogP contribution < -0.4 is 5.32 Å². The zero-order valence-corrected chi connectivity index (χ0v) is 11.7. The number of amides is 2. The molecule has 2 unspecified atom stereocenters. The van der Waals surface area contributed by atoms with Crippen molar-refractivity contribution in [3.8, 4) is 0 Å². The Labute approximate surface area is 113 Å². The quantitative estimate of drug-likeness (QED) is 0.786. The summed E-state index contributed by atoms with van der Waals surface area (Å²) in [4.78, 5) is 27.0. The van der Waals surface area contributed by atoms with E-state index in [1.54, 1.807) is 11.8 Å². The minimum Gasteiger partial charge on any atom is -0.481 e. The van der Waals surface area contributed by atoms with Crippen molar-refractivity contribution < 1.29 is 14.7 Å². The van der Waals surface area contributed by atoms with Gasteiger partial charge in [0.25, 0.3) is 0 Å². The molecule has 0 spiro atoms. The first kappa shape index (κ1) is 14.1. The van der Waals surface area contributed by atoms with Crippen molar-refractivity contribution >= 4 is 12.0 Å². The van der Waals surface area contributed by atoms with Crippen LogP contribution in [0.1, 0.15) is 26.2 Å². The fourth-order valence-electron chi connectivity index (χ4n) is 2.86. The Bertz CT molecular complexity index is 374. The molecule has 6 heteroatoms. The number of carbonyl (C=O) groups is 2. The molecule has 2 heterocycles. The van der Waals surface area contributed by atoms with Gasteiger partial charge in [-0.15, -0.1) is 0 Å². The first-order chi connectivity index (χ1) is 8.92. The van der Waals surface area contributed by atoms with Gasteiger partial charge in [0, 0.05) is 25.7 Å². The van der Waals surface area contributed by atoms with E-state index in [0.29, 0.717) is 32.1 Å². The van der Waals surface area contributed by atoms with Crippen LogP contribution in [-0.2, 0) is 4.79 Å². The predicted octanol–water partition coefficient (Wildman–Crippen LogP) is 0.587. The smallest absolute Gasteiger partial charge is 0.317 e. The van der Waals surface area contributed by atoms with E-state index in [9.17, 15) is 9.59 Å². The van der Waals surface area contributed by atoms with Crippen LogP contribution >= 0.6 is 0 Å². The summed E-state index contributed by atoms with van der Waals surface area (Å²) in [7, 11) is 2.07. The summed E-state index contributed by atoms with van der Waals surface area (Å²) in [5, 5.41) is 12.1. The Morgan fingerprint density at radius 3 is 2.68 bits per heavy atom.